The standard InChI is InChI=1S/C17H23N/c1-2-3-4-5-7-14-10-11-17-15(12-14)8-6-9-16(17)13-18/h6,8-12H,2-5,7,13,18H2,1H3. The second kappa shape index (κ2) is 6.55. The quantitative estimate of drug-likeness (QED) is 0.744. The molecule has 0 aromatic heterocycles. The summed E-state index contributed by atoms with van der Waals surface area (Å²) in [5.41, 5.74) is 8.46. The highest BCUT2D eigenvalue weighted by atomic mass is 14.5. The zero-order valence-corrected chi connectivity index (χ0v) is 11.3. The molecule has 2 aromatic rings. The first-order valence-electron chi connectivity index (χ1n) is 7.05. The molecule has 0 unspecified atom stereocenters. The predicted octanol–water partition coefficient (Wildman–Crippen LogP) is 4.42. The Morgan fingerprint density at radius 3 is 2.67 bits per heavy atom. The molecule has 2 aromatic carbocycles. The van der Waals surface area contributed by atoms with Crippen LogP contribution in [0.4, 0.5) is 0 Å². The average Bonchev–Trinajstić information content (AvgIpc) is 2.42. The molecular formula is C17H23N. The Labute approximate surface area is 110 Å². The lowest BCUT2D eigenvalue weighted by atomic mass is 9.99. The Kier molecular flexibility index (Phi) is 4.77. The van der Waals surface area contributed by atoms with Crippen LogP contribution in [-0.2, 0) is 13.0 Å². The first-order chi connectivity index (χ1) is 8.85. The van der Waals surface area contributed by atoms with Crippen LogP contribution in [0, 0.1) is 0 Å². The van der Waals surface area contributed by atoms with E-state index in [-0.39, 0.29) is 0 Å². The van der Waals surface area contributed by atoms with Gasteiger partial charge in [-0.05, 0) is 34.7 Å². The smallest absolute Gasteiger partial charge is 0.0184 e. The molecule has 0 amide bonds. The molecule has 0 radical (unpaired) electrons. The van der Waals surface area contributed by atoms with Crippen LogP contribution in [0.1, 0.15) is 43.7 Å². The molecule has 0 aliphatic heterocycles. The predicted molar refractivity (Wildman–Crippen MR) is 79.7 cm³/mol. The fourth-order valence-corrected chi connectivity index (χ4v) is 2.49. The number of benzene rings is 2. The van der Waals surface area contributed by atoms with E-state index in [1.54, 1.807) is 0 Å². The normalized spacial score (nSPS) is 11.0. The fourth-order valence-electron chi connectivity index (χ4n) is 2.49. The van der Waals surface area contributed by atoms with Crippen molar-refractivity contribution >= 4 is 10.8 Å². The summed E-state index contributed by atoms with van der Waals surface area (Å²) in [5.74, 6) is 0. The highest BCUT2D eigenvalue weighted by Gasteiger charge is 2.00. The van der Waals surface area contributed by atoms with Crippen LogP contribution in [0.25, 0.3) is 10.8 Å². The van der Waals surface area contributed by atoms with Gasteiger partial charge >= 0.3 is 0 Å². The van der Waals surface area contributed by atoms with Gasteiger partial charge in [-0.25, -0.2) is 0 Å². The average molecular weight is 241 g/mol. The third kappa shape index (κ3) is 3.11. The topological polar surface area (TPSA) is 26.0 Å². The van der Waals surface area contributed by atoms with Crippen LogP contribution >= 0.6 is 0 Å². The Morgan fingerprint density at radius 1 is 1.00 bits per heavy atom. The Hall–Kier alpha value is -1.34. The summed E-state index contributed by atoms with van der Waals surface area (Å²) >= 11 is 0. The molecule has 0 aliphatic rings. The van der Waals surface area contributed by atoms with Gasteiger partial charge in [-0.15, -0.1) is 0 Å². The summed E-state index contributed by atoms with van der Waals surface area (Å²) in [5, 5.41) is 2.63. The summed E-state index contributed by atoms with van der Waals surface area (Å²) in [6.45, 7) is 2.87. The second-order valence-corrected chi connectivity index (χ2v) is 4.99. The highest BCUT2D eigenvalue weighted by molar-refractivity contribution is 5.86. The van der Waals surface area contributed by atoms with Crippen LogP contribution in [0.5, 0.6) is 0 Å². The van der Waals surface area contributed by atoms with Gasteiger partial charge in [-0.3, -0.25) is 0 Å². The minimum absolute atomic E-state index is 0.618. The molecule has 2 N–H and O–H groups in total. The molecule has 0 aliphatic carbocycles. The molecule has 1 heteroatoms. The van der Waals surface area contributed by atoms with Crippen LogP contribution in [0.3, 0.4) is 0 Å². The number of hydrogen-bond donors (Lipinski definition) is 1. The summed E-state index contributed by atoms with van der Waals surface area (Å²) in [7, 11) is 0. The molecule has 0 saturated carbocycles. The van der Waals surface area contributed by atoms with Crippen LogP contribution < -0.4 is 5.73 Å². The van der Waals surface area contributed by atoms with Crippen molar-refractivity contribution in [3.8, 4) is 0 Å². The molecule has 0 spiro atoms. The number of nitrogens with two attached hydrogens (primary N) is 1. The molecule has 0 fully saturated rings. The maximum Gasteiger partial charge on any atom is 0.0184 e. The number of fused-ring (bicyclic) bond motifs is 1. The van der Waals surface area contributed by atoms with Gasteiger partial charge in [0.05, 0.1) is 0 Å². The van der Waals surface area contributed by atoms with Crippen molar-refractivity contribution < 1.29 is 0 Å². The summed E-state index contributed by atoms with van der Waals surface area (Å²) in [4.78, 5) is 0. The molecular weight excluding hydrogens is 218 g/mol. The second-order valence-electron chi connectivity index (χ2n) is 4.99. The van der Waals surface area contributed by atoms with Crippen molar-refractivity contribution in [3.05, 3.63) is 47.5 Å². The van der Waals surface area contributed by atoms with Crippen LogP contribution in [0.2, 0.25) is 0 Å². The number of unbranched alkanes of at least 4 members (excludes halogenated alkanes) is 3. The third-order valence-electron chi connectivity index (χ3n) is 3.57. The molecule has 96 valence electrons. The first-order valence-corrected chi connectivity index (χ1v) is 7.05. The zero-order valence-electron chi connectivity index (χ0n) is 11.3. The maximum absolute atomic E-state index is 5.77. The van der Waals surface area contributed by atoms with E-state index >= 15 is 0 Å². The number of rotatable bonds is 6. The minimum Gasteiger partial charge on any atom is -0.326 e. The lowest BCUT2D eigenvalue weighted by Crippen LogP contribution is -1.97. The summed E-state index contributed by atoms with van der Waals surface area (Å²) < 4.78 is 0. The van der Waals surface area contributed by atoms with E-state index < -0.39 is 0 Å². The van der Waals surface area contributed by atoms with E-state index in [4.69, 9.17) is 5.73 Å². The van der Waals surface area contributed by atoms with Crippen molar-refractivity contribution in [1.82, 2.24) is 0 Å². The van der Waals surface area contributed by atoms with Gasteiger partial charge in [0.1, 0.15) is 0 Å². The van der Waals surface area contributed by atoms with Gasteiger partial charge in [-0.1, -0.05) is 62.6 Å². The molecule has 2 rings (SSSR count). The van der Waals surface area contributed by atoms with Crippen molar-refractivity contribution in [3.63, 3.8) is 0 Å². The monoisotopic (exact) mass is 241 g/mol. The van der Waals surface area contributed by atoms with Gasteiger partial charge in [0.2, 0.25) is 0 Å². The molecule has 0 saturated heterocycles. The first kappa shape index (κ1) is 13.1. The van der Waals surface area contributed by atoms with Crippen molar-refractivity contribution in [1.29, 1.82) is 0 Å². The van der Waals surface area contributed by atoms with Gasteiger partial charge in [-0.2, -0.15) is 0 Å². The summed E-state index contributed by atoms with van der Waals surface area (Å²) in [6.07, 6.45) is 6.50. The highest BCUT2D eigenvalue weighted by Crippen LogP contribution is 2.21. The molecule has 18 heavy (non-hydrogen) atoms. The lowest BCUT2D eigenvalue weighted by Gasteiger charge is -2.07. The van der Waals surface area contributed by atoms with E-state index in [0.29, 0.717) is 6.54 Å². The zero-order chi connectivity index (χ0) is 12.8. The Morgan fingerprint density at radius 2 is 1.89 bits per heavy atom. The minimum atomic E-state index is 0.618. The van der Waals surface area contributed by atoms with Crippen LogP contribution in [0.15, 0.2) is 36.4 Å². The number of aryl methyl sites for hydroxylation is 1. The fraction of sp³-hybridized carbons (Fsp3) is 0.412. The van der Waals surface area contributed by atoms with Gasteiger partial charge in [0, 0.05) is 6.54 Å². The Balaban J connectivity index is 2.12. The summed E-state index contributed by atoms with van der Waals surface area (Å²) in [6, 6.07) is 13.2. The SMILES string of the molecule is CCCCCCc1ccc2c(CN)cccc2c1. The third-order valence-corrected chi connectivity index (χ3v) is 3.57. The maximum atomic E-state index is 5.77. The van der Waals surface area contributed by atoms with E-state index in [2.05, 4.69) is 43.3 Å². The molecule has 0 atom stereocenters. The largest absolute Gasteiger partial charge is 0.326 e. The van der Waals surface area contributed by atoms with Crippen molar-refractivity contribution in [2.24, 2.45) is 5.73 Å². The van der Waals surface area contributed by atoms with E-state index in [1.807, 2.05) is 0 Å². The molecule has 0 bridgehead atoms. The lowest BCUT2D eigenvalue weighted by molar-refractivity contribution is 0.667. The van der Waals surface area contributed by atoms with Gasteiger partial charge in [0.15, 0.2) is 0 Å². The van der Waals surface area contributed by atoms with E-state index in [9.17, 15) is 0 Å². The molecule has 1 nitrogen and oxygen atoms in total. The van der Waals surface area contributed by atoms with E-state index in [1.165, 1.54) is 54.0 Å². The van der Waals surface area contributed by atoms with Gasteiger partial charge in [0.25, 0.3) is 0 Å². The van der Waals surface area contributed by atoms with Gasteiger partial charge < -0.3 is 5.73 Å². The van der Waals surface area contributed by atoms with Crippen molar-refractivity contribution in [2.45, 2.75) is 45.6 Å². The number of hydrogen-bond acceptors (Lipinski definition) is 1. The van der Waals surface area contributed by atoms with Crippen LogP contribution in [-0.4, -0.2) is 0 Å². The Bertz CT molecular complexity index is 502. The molecule has 0 heterocycles. The van der Waals surface area contributed by atoms with Crippen molar-refractivity contribution in [2.75, 3.05) is 0 Å². The van der Waals surface area contributed by atoms with E-state index in [0.717, 1.165) is 0 Å².